The van der Waals surface area contributed by atoms with Gasteiger partial charge in [0, 0.05) is 25.2 Å². The van der Waals surface area contributed by atoms with Gasteiger partial charge < -0.3 is 24.8 Å². The van der Waals surface area contributed by atoms with Crippen LogP contribution < -0.4 is 15.0 Å². The van der Waals surface area contributed by atoms with Crippen molar-refractivity contribution in [1.29, 1.82) is 0 Å². The summed E-state index contributed by atoms with van der Waals surface area (Å²) in [6.45, 7) is 2.42. The van der Waals surface area contributed by atoms with Gasteiger partial charge in [-0.1, -0.05) is 66.7 Å². The Hall–Kier alpha value is -4.76. The summed E-state index contributed by atoms with van der Waals surface area (Å²) >= 11 is 0. The Balaban J connectivity index is 1.27. The molecule has 0 atom stereocenters. The van der Waals surface area contributed by atoms with Crippen LogP contribution >= 0.6 is 0 Å². The van der Waals surface area contributed by atoms with E-state index in [9.17, 15) is 14.7 Å². The number of piperidine rings is 1. The normalized spacial score (nSPS) is 14.3. The highest BCUT2D eigenvalue weighted by molar-refractivity contribution is 5.96. The minimum atomic E-state index is -2.75. The fraction of sp³-hybridized carbons (Fsp3) is 0.333. The standard InChI is InChI=1S/C36H40N4O5/c1-3-44-33(42)22-37-36(43)34-35(45-24-28-7-5-4-6-8-28)25(2)38-32(39-34)21-26-17-19-40(20-18-26)31-15-13-30(14-16-31)29-11-9-27(23-41)10-12-29/h4-16,26,41H,3,17-24H2,1-2H3,(H,37,43)/i22D2. The van der Waals surface area contributed by atoms with Crippen LogP contribution in [0.1, 0.15) is 55.6 Å². The molecule has 1 aliphatic rings. The monoisotopic (exact) mass is 610 g/mol. The zero-order chi connectivity index (χ0) is 33.4. The molecular weight excluding hydrogens is 568 g/mol. The SMILES string of the molecule is [2H]C([2H])(NC(=O)c1nc(CC2CCN(c3ccc(-c4ccc(CO)cc4)cc3)CC2)nc(C)c1OCc1ccccc1)C(=O)OCC. The molecule has 1 saturated heterocycles. The molecule has 2 heterocycles. The third kappa shape index (κ3) is 8.45. The molecule has 0 unspecified atom stereocenters. The molecule has 5 rings (SSSR count). The summed E-state index contributed by atoms with van der Waals surface area (Å²) in [5.41, 5.74) is 5.47. The fourth-order valence-corrected chi connectivity index (χ4v) is 5.42. The lowest BCUT2D eigenvalue weighted by Crippen LogP contribution is -2.35. The lowest BCUT2D eigenvalue weighted by Gasteiger charge is -2.33. The number of carbonyl (C=O) groups excluding carboxylic acids is 2. The van der Waals surface area contributed by atoms with E-state index in [4.69, 9.17) is 12.2 Å². The molecule has 1 amide bonds. The van der Waals surface area contributed by atoms with Crippen LogP contribution in [-0.4, -0.2) is 53.1 Å². The summed E-state index contributed by atoms with van der Waals surface area (Å²) in [7, 11) is 0. The Bertz CT molecular complexity index is 1660. The molecule has 0 radical (unpaired) electrons. The van der Waals surface area contributed by atoms with E-state index in [2.05, 4.69) is 44.5 Å². The summed E-state index contributed by atoms with van der Waals surface area (Å²) in [5, 5.41) is 11.4. The van der Waals surface area contributed by atoms with Gasteiger partial charge in [0.15, 0.2) is 11.4 Å². The van der Waals surface area contributed by atoms with Gasteiger partial charge in [-0.3, -0.25) is 9.59 Å². The van der Waals surface area contributed by atoms with E-state index in [0.717, 1.165) is 53.9 Å². The van der Waals surface area contributed by atoms with E-state index in [1.54, 1.807) is 13.8 Å². The van der Waals surface area contributed by atoms with E-state index in [0.29, 0.717) is 17.9 Å². The Morgan fingerprint density at radius 3 is 2.27 bits per heavy atom. The second-order valence-corrected chi connectivity index (χ2v) is 11.0. The van der Waals surface area contributed by atoms with Crippen LogP contribution in [-0.2, 0) is 29.2 Å². The summed E-state index contributed by atoms with van der Waals surface area (Å²) in [6, 6.07) is 25.8. The highest BCUT2D eigenvalue weighted by Crippen LogP contribution is 2.29. The molecule has 4 aromatic rings. The minimum Gasteiger partial charge on any atom is -0.485 e. The summed E-state index contributed by atoms with van der Waals surface area (Å²) in [5.74, 6) is -1.19. The molecule has 9 heteroatoms. The molecule has 0 aliphatic carbocycles. The highest BCUT2D eigenvalue weighted by atomic mass is 16.5. The lowest BCUT2D eigenvalue weighted by atomic mass is 9.92. The molecule has 3 aromatic carbocycles. The maximum Gasteiger partial charge on any atom is 0.325 e. The van der Waals surface area contributed by atoms with Gasteiger partial charge in [0.25, 0.3) is 5.91 Å². The van der Waals surface area contributed by atoms with E-state index < -0.39 is 18.4 Å². The van der Waals surface area contributed by atoms with E-state index in [-0.39, 0.29) is 37.2 Å². The van der Waals surface area contributed by atoms with Gasteiger partial charge in [-0.05, 0) is 67.0 Å². The number of amides is 1. The molecule has 0 bridgehead atoms. The predicted octanol–water partition coefficient (Wildman–Crippen LogP) is 5.28. The number of hydrogen-bond acceptors (Lipinski definition) is 8. The number of aliphatic hydroxyl groups excluding tert-OH is 1. The number of aromatic nitrogens is 2. The number of aryl methyl sites for hydroxylation is 1. The van der Waals surface area contributed by atoms with E-state index in [1.807, 2.05) is 54.6 Å². The number of aliphatic hydroxyl groups is 1. The molecule has 234 valence electrons. The number of esters is 1. The number of carbonyl (C=O) groups is 2. The van der Waals surface area contributed by atoms with Crippen LogP contribution in [0.15, 0.2) is 78.9 Å². The van der Waals surface area contributed by atoms with Crippen molar-refractivity contribution in [3.8, 4) is 16.9 Å². The van der Waals surface area contributed by atoms with Gasteiger partial charge in [0.1, 0.15) is 18.9 Å². The van der Waals surface area contributed by atoms with Gasteiger partial charge in [-0.15, -0.1) is 0 Å². The van der Waals surface area contributed by atoms with E-state index in [1.165, 1.54) is 0 Å². The lowest BCUT2D eigenvalue weighted by molar-refractivity contribution is -0.141. The number of benzene rings is 3. The third-order valence-corrected chi connectivity index (χ3v) is 7.86. The van der Waals surface area contributed by atoms with Crippen molar-refractivity contribution in [2.75, 3.05) is 31.1 Å². The number of ether oxygens (including phenoxy) is 2. The topological polar surface area (TPSA) is 114 Å². The molecule has 0 saturated carbocycles. The Kier molecular flexibility index (Phi) is 9.85. The molecule has 2 N–H and O–H groups in total. The van der Waals surface area contributed by atoms with Crippen molar-refractivity contribution >= 4 is 17.6 Å². The molecule has 9 nitrogen and oxygen atoms in total. The maximum atomic E-state index is 13.4. The smallest absolute Gasteiger partial charge is 0.325 e. The van der Waals surface area contributed by atoms with Crippen LogP contribution in [0.2, 0.25) is 0 Å². The first kappa shape index (κ1) is 29.0. The summed E-state index contributed by atoms with van der Waals surface area (Å²) in [4.78, 5) is 37.2. The van der Waals surface area contributed by atoms with Crippen molar-refractivity contribution < 1.29 is 26.9 Å². The van der Waals surface area contributed by atoms with Crippen molar-refractivity contribution in [2.45, 2.75) is 46.3 Å². The van der Waals surface area contributed by atoms with Crippen molar-refractivity contribution in [3.05, 3.63) is 107 Å². The Morgan fingerprint density at radius 2 is 1.62 bits per heavy atom. The average Bonchev–Trinajstić information content (AvgIpc) is 3.08. The van der Waals surface area contributed by atoms with Gasteiger partial charge >= 0.3 is 5.97 Å². The first-order valence-electron chi connectivity index (χ1n) is 16.3. The number of nitrogens with zero attached hydrogens (tertiary/aromatic N) is 3. The summed E-state index contributed by atoms with van der Waals surface area (Å²) in [6.07, 6.45) is 2.36. The number of anilines is 1. The zero-order valence-electron chi connectivity index (χ0n) is 27.7. The van der Waals surface area contributed by atoms with E-state index >= 15 is 0 Å². The largest absolute Gasteiger partial charge is 0.485 e. The quantitative estimate of drug-likeness (QED) is 0.209. The van der Waals surface area contributed by atoms with Crippen LogP contribution in [0.4, 0.5) is 5.69 Å². The molecule has 0 spiro atoms. The number of hydrogen-bond donors (Lipinski definition) is 2. The van der Waals surface area contributed by atoms with Crippen LogP contribution in [0.25, 0.3) is 11.1 Å². The third-order valence-electron chi connectivity index (χ3n) is 7.86. The van der Waals surface area contributed by atoms with Crippen LogP contribution in [0.3, 0.4) is 0 Å². The van der Waals surface area contributed by atoms with Gasteiger partial charge in [0.05, 0.1) is 21.6 Å². The highest BCUT2D eigenvalue weighted by Gasteiger charge is 2.25. The van der Waals surface area contributed by atoms with Gasteiger partial charge in [-0.25, -0.2) is 9.97 Å². The number of nitrogens with one attached hydrogen (secondary N) is 1. The summed E-state index contributed by atoms with van der Waals surface area (Å²) < 4.78 is 26.9. The predicted molar refractivity (Wildman–Crippen MR) is 173 cm³/mol. The van der Waals surface area contributed by atoms with Gasteiger partial charge in [0.2, 0.25) is 0 Å². The Morgan fingerprint density at radius 1 is 0.956 bits per heavy atom. The second kappa shape index (κ2) is 15.3. The maximum absolute atomic E-state index is 13.4. The Labute approximate surface area is 267 Å². The van der Waals surface area contributed by atoms with Crippen molar-refractivity contribution in [1.82, 2.24) is 15.3 Å². The molecule has 1 aliphatic heterocycles. The fourth-order valence-electron chi connectivity index (χ4n) is 5.42. The first-order chi connectivity index (χ1) is 22.7. The molecular formula is C36H40N4O5. The number of rotatable bonds is 12. The first-order valence-corrected chi connectivity index (χ1v) is 15.3. The minimum absolute atomic E-state index is 0.0267. The molecule has 45 heavy (non-hydrogen) atoms. The van der Waals surface area contributed by atoms with Crippen molar-refractivity contribution in [3.63, 3.8) is 0 Å². The van der Waals surface area contributed by atoms with Crippen LogP contribution in [0, 0.1) is 12.8 Å². The van der Waals surface area contributed by atoms with Crippen molar-refractivity contribution in [2.24, 2.45) is 5.92 Å². The average molecular weight is 611 g/mol. The second-order valence-electron chi connectivity index (χ2n) is 11.0. The molecule has 1 aromatic heterocycles. The zero-order valence-corrected chi connectivity index (χ0v) is 25.7. The van der Waals surface area contributed by atoms with Gasteiger partial charge in [-0.2, -0.15) is 0 Å². The molecule has 1 fully saturated rings. The van der Waals surface area contributed by atoms with Crippen LogP contribution in [0.5, 0.6) is 5.75 Å².